The van der Waals surface area contributed by atoms with E-state index in [1.165, 1.54) is 30.8 Å². The van der Waals surface area contributed by atoms with Gasteiger partial charge in [-0.25, -0.2) is 27.8 Å². The number of hydrogen-bond acceptors (Lipinski definition) is 11. The normalized spacial score (nSPS) is 14.5. The monoisotopic (exact) mass is 627 g/mol. The second-order valence-corrected chi connectivity index (χ2v) is 13.7. The van der Waals surface area contributed by atoms with Crippen LogP contribution in [0, 0.1) is 5.82 Å². The van der Waals surface area contributed by atoms with Gasteiger partial charge in [-0.05, 0) is 49.6 Å². The van der Waals surface area contributed by atoms with Crippen molar-refractivity contribution in [2.75, 3.05) is 44.1 Å². The maximum Gasteiger partial charge on any atom is 0.227 e. The van der Waals surface area contributed by atoms with Crippen molar-refractivity contribution in [1.82, 2.24) is 19.9 Å². The van der Waals surface area contributed by atoms with Crippen LogP contribution in [0.5, 0.6) is 17.2 Å². The quantitative estimate of drug-likeness (QED) is 0.226. The summed E-state index contributed by atoms with van der Waals surface area (Å²) in [5.41, 5.74) is 2.25. The maximum absolute atomic E-state index is 15.0. The lowest BCUT2D eigenvalue weighted by atomic mass is 10.1. The van der Waals surface area contributed by atoms with E-state index in [1.807, 2.05) is 6.92 Å². The van der Waals surface area contributed by atoms with Crippen molar-refractivity contribution >= 4 is 32.8 Å². The fourth-order valence-electron chi connectivity index (χ4n) is 4.78. The molecule has 2 N–H and O–H groups in total. The van der Waals surface area contributed by atoms with E-state index in [1.54, 1.807) is 42.6 Å². The number of phenols is 1. The molecule has 2 aromatic carbocycles. The number of ether oxygens (including phenoxy) is 2. The molecular weight excluding hydrogens is 593 g/mol. The molecule has 1 aliphatic rings. The molecule has 0 amide bonds. The number of methoxy groups -OCH3 is 1. The third-order valence-electron chi connectivity index (χ3n) is 7.12. The van der Waals surface area contributed by atoms with Gasteiger partial charge in [-0.3, -0.25) is 0 Å². The number of nitrogens with one attached hydrogen (secondary N) is 1. The number of aromatic nitrogens is 3. The average Bonchev–Trinajstić information content (AvgIpc) is 3.42. The van der Waals surface area contributed by atoms with Gasteiger partial charge in [0.05, 0.1) is 34.1 Å². The first-order chi connectivity index (χ1) is 20.6. The van der Waals surface area contributed by atoms with E-state index in [0.717, 1.165) is 16.3 Å². The summed E-state index contributed by atoms with van der Waals surface area (Å²) in [4.78, 5) is 16.6. The average molecular weight is 628 g/mol. The second kappa shape index (κ2) is 13.2. The number of halogens is 1. The van der Waals surface area contributed by atoms with Crippen LogP contribution in [0.4, 0.5) is 16.0 Å². The topological polar surface area (TPSA) is 127 Å². The van der Waals surface area contributed by atoms with Crippen LogP contribution in [0.25, 0.3) is 21.8 Å². The molecule has 1 aliphatic heterocycles. The number of thiazole rings is 1. The predicted octanol–water partition coefficient (Wildman–Crippen LogP) is 5.31. The molecule has 43 heavy (non-hydrogen) atoms. The number of benzene rings is 2. The first kappa shape index (κ1) is 30.6. The summed E-state index contributed by atoms with van der Waals surface area (Å²) in [6, 6.07) is 11.5. The summed E-state index contributed by atoms with van der Waals surface area (Å²) in [7, 11) is -1.47. The van der Waals surface area contributed by atoms with Gasteiger partial charge in [0, 0.05) is 55.5 Å². The van der Waals surface area contributed by atoms with Crippen LogP contribution in [0.1, 0.15) is 24.8 Å². The zero-order valence-corrected chi connectivity index (χ0v) is 25.8. The van der Waals surface area contributed by atoms with Crippen LogP contribution < -0.4 is 14.8 Å². The molecule has 5 rings (SSSR count). The highest BCUT2D eigenvalue weighted by Gasteiger charge is 2.23. The standard InChI is InChI=1S/C30H34FN5O5S2/c1-4-27-35-28(22-7-6-21(40-2)18-25(22)37)29(42-27)24-9-12-32-30(34-24)33-19-5-8-26(23(31)17-19)41-20-10-13-36(14-11-20)15-16-43(3,38)39/h5-9,12,17-18,20,37H,4,10-11,13-16H2,1-3H3,(H,32,33,34). The number of rotatable bonds is 11. The minimum Gasteiger partial charge on any atom is -0.507 e. The van der Waals surface area contributed by atoms with Crippen molar-refractivity contribution in [3.8, 4) is 39.1 Å². The van der Waals surface area contributed by atoms with Crippen LogP contribution in [0.2, 0.25) is 0 Å². The Hall–Kier alpha value is -3.81. The molecule has 0 spiro atoms. The Morgan fingerprint density at radius 1 is 1.14 bits per heavy atom. The molecule has 2 aromatic heterocycles. The summed E-state index contributed by atoms with van der Waals surface area (Å²) in [5, 5.41) is 14.6. The fourth-order valence-corrected chi connectivity index (χ4v) is 6.36. The number of likely N-dealkylation sites (tertiary alicyclic amines) is 1. The molecule has 0 aliphatic carbocycles. The van der Waals surface area contributed by atoms with Gasteiger partial charge in [0.15, 0.2) is 11.6 Å². The summed E-state index contributed by atoms with van der Waals surface area (Å²) in [6.45, 7) is 3.92. The Bertz CT molecular complexity index is 1690. The smallest absolute Gasteiger partial charge is 0.227 e. The van der Waals surface area contributed by atoms with Crippen molar-refractivity contribution in [2.24, 2.45) is 0 Å². The van der Waals surface area contributed by atoms with Gasteiger partial charge >= 0.3 is 0 Å². The van der Waals surface area contributed by atoms with Gasteiger partial charge in [0.2, 0.25) is 5.95 Å². The fraction of sp³-hybridized carbons (Fsp3) is 0.367. The van der Waals surface area contributed by atoms with E-state index in [4.69, 9.17) is 14.5 Å². The molecule has 0 atom stereocenters. The van der Waals surface area contributed by atoms with E-state index in [0.29, 0.717) is 60.9 Å². The Labute approximate surface area is 254 Å². The Morgan fingerprint density at radius 2 is 1.93 bits per heavy atom. The van der Waals surface area contributed by atoms with Gasteiger partial charge in [-0.1, -0.05) is 6.92 Å². The minimum absolute atomic E-state index is 0.0521. The molecular formula is C30H34FN5O5S2. The third-order valence-corrected chi connectivity index (χ3v) is 9.26. The molecule has 0 unspecified atom stereocenters. The van der Waals surface area contributed by atoms with E-state index in [-0.39, 0.29) is 29.3 Å². The number of aromatic hydroxyl groups is 1. The van der Waals surface area contributed by atoms with E-state index < -0.39 is 15.7 Å². The first-order valence-corrected chi connectivity index (χ1v) is 16.8. The zero-order chi connectivity index (χ0) is 30.6. The molecule has 0 saturated carbocycles. The molecule has 1 saturated heterocycles. The van der Waals surface area contributed by atoms with Crippen molar-refractivity contribution in [1.29, 1.82) is 0 Å². The number of piperidine rings is 1. The number of anilines is 2. The number of hydrogen-bond donors (Lipinski definition) is 2. The largest absolute Gasteiger partial charge is 0.507 e. The molecule has 228 valence electrons. The molecule has 0 bridgehead atoms. The lowest BCUT2D eigenvalue weighted by Crippen LogP contribution is -2.40. The van der Waals surface area contributed by atoms with Gasteiger partial charge < -0.3 is 24.8 Å². The van der Waals surface area contributed by atoms with E-state index in [2.05, 4.69) is 20.2 Å². The summed E-state index contributed by atoms with van der Waals surface area (Å²) >= 11 is 1.49. The third kappa shape index (κ3) is 7.78. The number of phenolic OH excluding ortho intramolecular Hbond substituents is 1. The van der Waals surface area contributed by atoms with Crippen molar-refractivity contribution in [2.45, 2.75) is 32.3 Å². The molecule has 3 heterocycles. The highest BCUT2D eigenvalue weighted by molar-refractivity contribution is 7.90. The molecule has 1 fully saturated rings. The highest BCUT2D eigenvalue weighted by Crippen LogP contribution is 2.41. The Kier molecular flexibility index (Phi) is 9.43. The molecule has 0 radical (unpaired) electrons. The number of sulfone groups is 1. The second-order valence-electron chi connectivity index (χ2n) is 10.3. The van der Waals surface area contributed by atoms with Crippen LogP contribution in [-0.2, 0) is 16.3 Å². The van der Waals surface area contributed by atoms with E-state index in [9.17, 15) is 13.5 Å². The zero-order valence-electron chi connectivity index (χ0n) is 24.2. The van der Waals surface area contributed by atoms with Crippen LogP contribution >= 0.6 is 11.3 Å². The van der Waals surface area contributed by atoms with Gasteiger partial charge in [-0.15, -0.1) is 11.3 Å². The maximum atomic E-state index is 15.0. The lowest BCUT2D eigenvalue weighted by Gasteiger charge is -2.32. The minimum atomic E-state index is -3.00. The van der Waals surface area contributed by atoms with Gasteiger partial charge in [-0.2, -0.15) is 0 Å². The molecule has 13 heteroatoms. The SMILES string of the molecule is CCc1nc(-c2ccc(OC)cc2O)c(-c2ccnc(Nc3ccc(OC4CCN(CCS(C)(=O)=O)CC4)c(F)c3)n2)s1. The molecule has 10 nitrogen and oxygen atoms in total. The van der Waals surface area contributed by atoms with Gasteiger partial charge in [0.1, 0.15) is 27.4 Å². The molecule has 4 aromatic rings. The number of aryl methyl sites for hydroxylation is 1. The van der Waals surface area contributed by atoms with Gasteiger partial charge in [0.25, 0.3) is 0 Å². The van der Waals surface area contributed by atoms with Crippen molar-refractivity contribution < 1.29 is 27.4 Å². The highest BCUT2D eigenvalue weighted by atomic mass is 32.2. The first-order valence-electron chi connectivity index (χ1n) is 14.0. The van der Waals surface area contributed by atoms with Crippen LogP contribution in [-0.4, -0.2) is 78.2 Å². The Morgan fingerprint density at radius 3 is 2.60 bits per heavy atom. The predicted molar refractivity (Wildman–Crippen MR) is 166 cm³/mol. The lowest BCUT2D eigenvalue weighted by molar-refractivity contribution is 0.100. The summed E-state index contributed by atoms with van der Waals surface area (Å²) < 4.78 is 49.0. The Balaban J connectivity index is 1.27. The van der Waals surface area contributed by atoms with Crippen LogP contribution in [0.15, 0.2) is 48.7 Å². The van der Waals surface area contributed by atoms with Crippen molar-refractivity contribution in [3.05, 3.63) is 59.5 Å². The van der Waals surface area contributed by atoms with Crippen LogP contribution in [0.3, 0.4) is 0 Å². The number of nitrogens with zero attached hydrogens (tertiary/aromatic N) is 4. The van der Waals surface area contributed by atoms with Crippen molar-refractivity contribution in [3.63, 3.8) is 0 Å². The summed E-state index contributed by atoms with van der Waals surface area (Å²) in [5.74, 6) is 0.660. The summed E-state index contributed by atoms with van der Waals surface area (Å²) in [6.07, 6.45) is 4.82. The van der Waals surface area contributed by atoms with E-state index >= 15 is 4.39 Å².